The van der Waals surface area contributed by atoms with E-state index in [9.17, 15) is 0 Å². The first kappa shape index (κ1) is 14.4. The van der Waals surface area contributed by atoms with Crippen LogP contribution in [-0.4, -0.2) is 26.3 Å². The highest BCUT2D eigenvalue weighted by Gasteiger charge is 2.15. The van der Waals surface area contributed by atoms with Gasteiger partial charge in [-0.2, -0.15) is 0 Å². The second-order valence-electron chi connectivity index (χ2n) is 4.63. The molecule has 0 fully saturated rings. The van der Waals surface area contributed by atoms with Crippen LogP contribution in [0.4, 0.5) is 0 Å². The first-order chi connectivity index (χ1) is 9.31. The van der Waals surface area contributed by atoms with E-state index >= 15 is 0 Å². The normalized spacial score (nSPS) is 14.2. The summed E-state index contributed by atoms with van der Waals surface area (Å²) >= 11 is 6.23. The summed E-state index contributed by atoms with van der Waals surface area (Å²) in [5, 5.41) is 4.00. The molecule has 1 aromatic carbocycles. The van der Waals surface area contributed by atoms with E-state index in [0.717, 1.165) is 50.2 Å². The average Bonchev–Trinajstić information content (AvgIpc) is 2.64. The number of hydrogen-bond acceptors (Lipinski definition) is 4. The summed E-state index contributed by atoms with van der Waals surface area (Å²) in [6.07, 6.45) is 3.03. The van der Waals surface area contributed by atoms with E-state index < -0.39 is 0 Å². The van der Waals surface area contributed by atoms with Crippen LogP contribution in [0.25, 0.3) is 0 Å². The molecule has 0 aromatic heterocycles. The molecule has 1 aliphatic heterocycles. The summed E-state index contributed by atoms with van der Waals surface area (Å²) in [7, 11) is 0. The fraction of sp³-hybridized carbons (Fsp3) is 0.571. The standard InChI is InChI=1S/C14H21ClN2O2/c15-12-8-11(10-17-5-2-1-4-16)9-13-14(12)19-7-3-6-18-13/h8-9,17H,1-7,10,16H2. The Morgan fingerprint density at radius 2 is 2.05 bits per heavy atom. The molecule has 106 valence electrons. The van der Waals surface area contributed by atoms with E-state index in [0.29, 0.717) is 24.0 Å². The number of unbranched alkanes of at least 4 members (excludes halogenated alkanes) is 1. The van der Waals surface area contributed by atoms with E-state index in [-0.39, 0.29) is 0 Å². The van der Waals surface area contributed by atoms with Crippen molar-refractivity contribution < 1.29 is 9.47 Å². The third-order valence-electron chi connectivity index (χ3n) is 3.00. The Morgan fingerprint density at radius 1 is 1.21 bits per heavy atom. The zero-order chi connectivity index (χ0) is 13.5. The number of nitrogens with two attached hydrogens (primary N) is 1. The lowest BCUT2D eigenvalue weighted by molar-refractivity contribution is 0.297. The van der Waals surface area contributed by atoms with Crippen molar-refractivity contribution in [2.75, 3.05) is 26.3 Å². The predicted octanol–water partition coefficient (Wildman–Crippen LogP) is 2.33. The molecule has 0 amide bonds. The highest BCUT2D eigenvalue weighted by molar-refractivity contribution is 6.32. The van der Waals surface area contributed by atoms with Gasteiger partial charge in [-0.25, -0.2) is 0 Å². The highest BCUT2D eigenvalue weighted by Crippen LogP contribution is 2.37. The molecule has 0 spiro atoms. The van der Waals surface area contributed by atoms with E-state index in [1.165, 1.54) is 0 Å². The maximum atomic E-state index is 6.23. The van der Waals surface area contributed by atoms with Gasteiger partial charge in [-0.1, -0.05) is 11.6 Å². The number of fused-ring (bicyclic) bond motifs is 1. The second-order valence-corrected chi connectivity index (χ2v) is 5.04. The molecule has 19 heavy (non-hydrogen) atoms. The van der Waals surface area contributed by atoms with Crippen LogP contribution < -0.4 is 20.5 Å². The number of ether oxygens (including phenoxy) is 2. The number of halogens is 1. The summed E-state index contributed by atoms with van der Waals surface area (Å²) in [6.45, 7) is 3.82. The summed E-state index contributed by atoms with van der Waals surface area (Å²) in [5.74, 6) is 1.43. The maximum Gasteiger partial charge on any atom is 0.179 e. The molecule has 1 aromatic rings. The van der Waals surface area contributed by atoms with E-state index in [1.54, 1.807) is 0 Å². The van der Waals surface area contributed by atoms with Crippen molar-refractivity contribution in [3.8, 4) is 11.5 Å². The molecule has 4 nitrogen and oxygen atoms in total. The first-order valence-electron chi connectivity index (χ1n) is 6.80. The van der Waals surface area contributed by atoms with Gasteiger partial charge in [0, 0.05) is 13.0 Å². The van der Waals surface area contributed by atoms with Gasteiger partial charge in [0.05, 0.1) is 18.2 Å². The van der Waals surface area contributed by atoms with Gasteiger partial charge in [-0.15, -0.1) is 0 Å². The Labute approximate surface area is 119 Å². The van der Waals surface area contributed by atoms with Gasteiger partial charge in [-0.05, 0) is 43.6 Å². The van der Waals surface area contributed by atoms with Crippen LogP contribution in [0, 0.1) is 0 Å². The molecule has 0 bridgehead atoms. The zero-order valence-electron chi connectivity index (χ0n) is 11.1. The number of nitrogens with one attached hydrogen (secondary N) is 1. The van der Waals surface area contributed by atoms with Gasteiger partial charge in [0.2, 0.25) is 0 Å². The number of benzene rings is 1. The molecular weight excluding hydrogens is 264 g/mol. The van der Waals surface area contributed by atoms with Crippen molar-refractivity contribution in [1.82, 2.24) is 5.32 Å². The van der Waals surface area contributed by atoms with Crippen LogP contribution >= 0.6 is 11.6 Å². The molecule has 0 saturated carbocycles. The van der Waals surface area contributed by atoms with Gasteiger partial charge < -0.3 is 20.5 Å². The van der Waals surface area contributed by atoms with Crippen LogP contribution in [0.5, 0.6) is 11.5 Å². The molecule has 0 aliphatic carbocycles. The molecule has 0 atom stereocenters. The predicted molar refractivity (Wildman–Crippen MR) is 77.1 cm³/mol. The Bertz CT molecular complexity index is 413. The smallest absolute Gasteiger partial charge is 0.179 e. The molecule has 2 rings (SSSR count). The van der Waals surface area contributed by atoms with Gasteiger partial charge in [0.1, 0.15) is 0 Å². The fourth-order valence-electron chi connectivity index (χ4n) is 2.01. The van der Waals surface area contributed by atoms with Crippen molar-refractivity contribution in [3.05, 3.63) is 22.7 Å². The van der Waals surface area contributed by atoms with Crippen molar-refractivity contribution in [1.29, 1.82) is 0 Å². The maximum absolute atomic E-state index is 6.23. The lowest BCUT2D eigenvalue weighted by Crippen LogP contribution is -2.16. The minimum absolute atomic E-state index is 0.623. The van der Waals surface area contributed by atoms with Crippen LogP contribution in [0.15, 0.2) is 12.1 Å². The van der Waals surface area contributed by atoms with E-state index in [1.807, 2.05) is 12.1 Å². The molecule has 0 saturated heterocycles. The van der Waals surface area contributed by atoms with Crippen molar-refractivity contribution >= 4 is 11.6 Å². The second kappa shape index (κ2) is 7.58. The quantitative estimate of drug-likeness (QED) is 0.787. The molecular formula is C14H21ClN2O2. The van der Waals surface area contributed by atoms with E-state index in [4.69, 9.17) is 26.8 Å². The molecule has 1 heterocycles. The van der Waals surface area contributed by atoms with Crippen molar-refractivity contribution in [3.63, 3.8) is 0 Å². The average molecular weight is 285 g/mol. The minimum Gasteiger partial charge on any atom is -0.489 e. The summed E-state index contributed by atoms with van der Waals surface area (Å²) < 4.78 is 11.3. The number of hydrogen-bond donors (Lipinski definition) is 2. The monoisotopic (exact) mass is 284 g/mol. The molecule has 3 N–H and O–H groups in total. The Balaban J connectivity index is 1.94. The lowest BCUT2D eigenvalue weighted by Gasteiger charge is -2.12. The van der Waals surface area contributed by atoms with Crippen molar-refractivity contribution in [2.45, 2.75) is 25.8 Å². The molecule has 0 radical (unpaired) electrons. The Kier molecular flexibility index (Phi) is 5.76. The first-order valence-corrected chi connectivity index (χ1v) is 7.18. The molecule has 1 aliphatic rings. The summed E-state index contributed by atoms with van der Waals surface area (Å²) in [4.78, 5) is 0. The van der Waals surface area contributed by atoms with Gasteiger partial charge in [-0.3, -0.25) is 0 Å². The van der Waals surface area contributed by atoms with Crippen molar-refractivity contribution in [2.24, 2.45) is 5.73 Å². The zero-order valence-corrected chi connectivity index (χ0v) is 11.8. The lowest BCUT2D eigenvalue weighted by atomic mass is 10.2. The van der Waals surface area contributed by atoms with Crippen LogP contribution in [-0.2, 0) is 6.54 Å². The van der Waals surface area contributed by atoms with Gasteiger partial charge in [0.15, 0.2) is 11.5 Å². The minimum atomic E-state index is 0.623. The third-order valence-corrected chi connectivity index (χ3v) is 3.28. The third kappa shape index (κ3) is 4.27. The Morgan fingerprint density at radius 3 is 2.89 bits per heavy atom. The Hall–Kier alpha value is -0.970. The largest absolute Gasteiger partial charge is 0.489 e. The van der Waals surface area contributed by atoms with Gasteiger partial charge >= 0.3 is 0 Å². The van der Waals surface area contributed by atoms with Crippen LogP contribution in [0.3, 0.4) is 0 Å². The number of rotatable bonds is 6. The van der Waals surface area contributed by atoms with Crippen LogP contribution in [0.2, 0.25) is 5.02 Å². The topological polar surface area (TPSA) is 56.5 Å². The van der Waals surface area contributed by atoms with Crippen LogP contribution in [0.1, 0.15) is 24.8 Å². The summed E-state index contributed by atoms with van der Waals surface area (Å²) in [5.41, 5.74) is 6.57. The van der Waals surface area contributed by atoms with E-state index in [2.05, 4.69) is 5.32 Å². The molecule has 0 unspecified atom stereocenters. The SMILES string of the molecule is NCCCCNCc1cc(Cl)c2c(c1)OCCCO2. The fourth-order valence-corrected chi connectivity index (χ4v) is 2.30. The van der Waals surface area contributed by atoms with Gasteiger partial charge in [0.25, 0.3) is 0 Å². The highest BCUT2D eigenvalue weighted by atomic mass is 35.5. The molecule has 5 heteroatoms. The summed E-state index contributed by atoms with van der Waals surface area (Å²) in [6, 6.07) is 3.94.